The fourth-order valence-electron chi connectivity index (χ4n) is 3.30. The summed E-state index contributed by atoms with van der Waals surface area (Å²) in [5.41, 5.74) is 3.89. The molecule has 33 heavy (non-hydrogen) atoms. The first-order chi connectivity index (χ1) is 15.7. The number of thiazole rings is 1. The van der Waals surface area contributed by atoms with Crippen molar-refractivity contribution >= 4 is 39.8 Å². The lowest BCUT2D eigenvalue weighted by molar-refractivity contribution is -0.115. The van der Waals surface area contributed by atoms with E-state index in [-0.39, 0.29) is 11.3 Å². The van der Waals surface area contributed by atoms with Crippen molar-refractivity contribution in [2.75, 3.05) is 10.7 Å². The van der Waals surface area contributed by atoms with Crippen molar-refractivity contribution in [1.82, 2.24) is 19.9 Å². The average molecular weight is 479 g/mol. The van der Waals surface area contributed by atoms with Crippen LogP contribution in [-0.2, 0) is 16.0 Å². The minimum atomic E-state index is -0.0847. The number of carbonyl (C=O) groups is 1. The van der Waals surface area contributed by atoms with Gasteiger partial charge in [-0.05, 0) is 23.1 Å². The fourth-order valence-corrected chi connectivity index (χ4v) is 5.04. The van der Waals surface area contributed by atoms with Gasteiger partial charge in [-0.15, -0.1) is 21.5 Å². The molecule has 0 aliphatic rings. The monoisotopic (exact) mass is 478 g/mol. The number of nitrogen functional groups attached to an aromatic ring is 1. The second-order valence-corrected chi connectivity index (χ2v) is 10.4. The smallest absolute Gasteiger partial charge is 0.230 e. The third-order valence-electron chi connectivity index (χ3n) is 5.08. The molecule has 0 fully saturated rings. The maximum atomic E-state index is 12.2. The molecule has 2 N–H and O–H groups in total. The van der Waals surface area contributed by atoms with Crippen molar-refractivity contribution in [2.24, 2.45) is 0 Å². The van der Waals surface area contributed by atoms with Crippen molar-refractivity contribution in [3.8, 4) is 11.4 Å². The van der Waals surface area contributed by atoms with Crippen molar-refractivity contribution in [1.29, 1.82) is 0 Å². The Balaban J connectivity index is 1.47. The molecule has 7 nitrogen and oxygen atoms in total. The molecule has 9 heteroatoms. The number of hydrogen-bond acceptors (Lipinski definition) is 7. The zero-order valence-electron chi connectivity index (χ0n) is 19.0. The average Bonchev–Trinajstić information content (AvgIpc) is 3.39. The Hall–Kier alpha value is -3.17. The number of aromatic nitrogens is 4. The number of para-hydroxylation sites is 1. The number of benzene rings is 2. The van der Waals surface area contributed by atoms with Crippen LogP contribution < -0.4 is 10.7 Å². The van der Waals surface area contributed by atoms with Crippen LogP contribution in [0.25, 0.3) is 11.4 Å². The molecule has 4 rings (SSSR count). The van der Waals surface area contributed by atoms with Gasteiger partial charge in [0.05, 0.1) is 11.4 Å². The summed E-state index contributed by atoms with van der Waals surface area (Å²) in [6.07, 6.45) is 0. The lowest BCUT2D eigenvalue weighted by atomic mass is 9.87. The van der Waals surface area contributed by atoms with Crippen molar-refractivity contribution in [2.45, 2.75) is 44.0 Å². The van der Waals surface area contributed by atoms with Gasteiger partial charge in [-0.1, -0.05) is 75.0 Å². The van der Waals surface area contributed by atoms with E-state index in [0.717, 1.165) is 16.9 Å². The molecule has 2 aromatic carbocycles. The van der Waals surface area contributed by atoms with E-state index >= 15 is 0 Å². The summed E-state index contributed by atoms with van der Waals surface area (Å²) in [5.74, 6) is 7.39. The van der Waals surface area contributed by atoms with Crippen LogP contribution in [0.3, 0.4) is 0 Å². The van der Waals surface area contributed by atoms with Gasteiger partial charge < -0.3 is 5.84 Å². The van der Waals surface area contributed by atoms with Crippen LogP contribution in [0, 0.1) is 0 Å². The van der Waals surface area contributed by atoms with Crippen LogP contribution in [0.4, 0.5) is 10.8 Å². The van der Waals surface area contributed by atoms with E-state index in [1.807, 2.05) is 47.8 Å². The molecule has 0 aliphatic heterocycles. The van der Waals surface area contributed by atoms with E-state index in [9.17, 15) is 4.79 Å². The molecule has 1 amide bonds. The molecule has 170 valence electrons. The van der Waals surface area contributed by atoms with E-state index in [1.54, 1.807) is 4.90 Å². The molecule has 0 bridgehead atoms. The molecule has 2 aromatic heterocycles. The minimum Gasteiger partial charge on any atom is -0.335 e. The lowest BCUT2D eigenvalue weighted by Gasteiger charge is -2.19. The van der Waals surface area contributed by atoms with E-state index in [2.05, 4.69) is 48.1 Å². The van der Waals surface area contributed by atoms with E-state index < -0.39 is 0 Å². The number of nitrogens with zero attached hydrogens (tertiary/aromatic N) is 5. The SMILES string of the molecule is CC(=O)N(c1ccccc1)c1nc(CSc2nnc(-c3ccc(C(C)(C)C)cc3)n2N)cs1. The van der Waals surface area contributed by atoms with Gasteiger partial charge in [0.1, 0.15) is 0 Å². The van der Waals surface area contributed by atoms with Crippen LogP contribution in [0.1, 0.15) is 39.0 Å². The van der Waals surface area contributed by atoms with Gasteiger partial charge in [-0.25, -0.2) is 9.66 Å². The Morgan fingerprint density at radius 2 is 1.79 bits per heavy atom. The first-order valence-electron chi connectivity index (χ1n) is 10.5. The highest BCUT2D eigenvalue weighted by Crippen LogP contribution is 2.31. The van der Waals surface area contributed by atoms with E-state index in [1.165, 1.54) is 40.3 Å². The topological polar surface area (TPSA) is 89.9 Å². The van der Waals surface area contributed by atoms with E-state index in [4.69, 9.17) is 5.84 Å². The molecule has 0 saturated heterocycles. The van der Waals surface area contributed by atoms with Gasteiger partial charge in [0.15, 0.2) is 11.0 Å². The summed E-state index contributed by atoms with van der Waals surface area (Å²) in [6.45, 7) is 8.08. The summed E-state index contributed by atoms with van der Waals surface area (Å²) in [4.78, 5) is 18.5. The van der Waals surface area contributed by atoms with Crippen LogP contribution in [0.2, 0.25) is 0 Å². The van der Waals surface area contributed by atoms with Crippen molar-refractivity contribution in [3.63, 3.8) is 0 Å². The Kier molecular flexibility index (Phi) is 6.53. The number of anilines is 2. The number of thioether (sulfide) groups is 1. The van der Waals surface area contributed by atoms with Gasteiger partial charge in [0, 0.05) is 23.6 Å². The largest absolute Gasteiger partial charge is 0.335 e. The first kappa shape index (κ1) is 23.0. The summed E-state index contributed by atoms with van der Waals surface area (Å²) >= 11 is 2.89. The Morgan fingerprint density at radius 3 is 2.42 bits per heavy atom. The number of carbonyl (C=O) groups excluding carboxylic acids is 1. The molecule has 4 aromatic rings. The van der Waals surface area contributed by atoms with Crippen LogP contribution >= 0.6 is 23.1 Å². The predicted molar refractivity (Wildman–Crippen MR) is 135 cm³/mol. The van der Waals surface area contributed by atoms with Gasteiger partial charge in [-0.2, -0.15) is 0 Å². The molecular formula is C24H26N6OS2. The standard InChI is InChI=1S/C24H26N6OS2/c1-16(31)29(20-8-6-5-7-9-20)22-26-19(14-32-22)15-33-23-28-27-21(30(23)25)17-10-12-18(13-11-17)24(2,3)4/h5-14H,15,25H2,1-4H3. The van der Waals surface area contributed by atoms with Crippen LogP contribution in [-0.4, -0.2) is 25.8 Å². The summed E-state index contributed by atoms with van der Waals surface area (Å²) in [6, 6.07) is 17.7. The predicted octanol–water partition coefficient (Wildman–Crippen LogP) is 5.39. The molecule has 0 atom stereocenters. The van der Waals surface area contributed by atoms with Crippen molar-refractivity contribution in [3.05, 3.63) is 71.2 Å². The van der Waals surface area contributed by atoms with Gasteiger partial charge >= 0.3 is 0 Å². The first-order valence-corrected chi connectivity index (χ1v) is 12.3. The third-order valence-corrected chi connectivity index (χ3v) is 6.93. The van der Waals surface area contributed by atoms with Crippen LogP contribution in [0.5, 0.6) is 0 Å². The Labute approximate surface area is 201 Å². The van der Waals surface area contributed by atoms with Crippen molar-refractivity contribution < 1.29 is 4.79 Å². The maximum Gasteiger partial charge on any atom is 0.230 e. The second kappa shape index (κ2) is 9.36. The number of rotatable bonds is 6. The molecule has 2 heterocycles. The van der Waals surface area contributed by atoms with Gasteiger partial charge in [0.2, 0.25) is 11.1 Å². The van der Waals surface area contributed by atoms with Gasteiger partial charge in [0.25, 0.3) is 0 Å². The third kappa shape index (κ3) is 5.09. The summed E-state index contributed by atoms with van der Waals surface area (Å²) in [7, 11) is 0. The molecule has 0 spiro atoms. The molecule has 0 radical (unpaired) electrons. The molecule has 0 unspecified atom stereocenters. The summed E-state index contributed by atoms with van der Waals surface area (Å²) in [5, 5.41) is 11.7. The lowest BCUT2D eigenvalue weighted by Crippen LogP contribution is -2.22. The zero-order valence-corrected chi connectivity index (χ0v) is 20.7. The van der Waals surface area contributed by atoms with Gasteiger partial charge in [-0.3, -0.25) is 9.69 Å². The fraction of sp³-hybridized carbons (Fsp3) is 0.250. The quantitative estimate of drug-likeness (QED) is 0.295. The highest BCUT2D eigenvalue weighted by molar-refractivity contribution is 7.98. The molecule has 0 saturated carbocycles. The maximum absolute atomic E-state index is 12.2. The summed E-state index contributed by atoms with van der Waals surface area (Å²) < 4.78 is 1.51. The molecular weight excluding hydrogens is 452 g/mol. The number of amides is 1. The number of nitrogens with two attached hydrogens (primary N) is 1. The minimum absolute atomic E-state index is 0.0841. The normalized spacial score (nSPS) is 11.5. The van der Waals surface area contributed by atoms with Crippen LogP contribution in [0.15, 0.2) is 65.1 Å². The number of hydrogen-bond donors (Lipinski definition) is 1. The second-order valence-electron chi connectivity index (χ2n) is 8.60. The Morgan fingerprint density at radius 1 is 1.09 bits per heavy atom. The Bertz CT molecular complexity index is 1240. The highest BCUT2D eigenvalue weighted by Gasteiger charge is 2.19. The highest BCUT2D eigenvalue weighted by atomic mass is 32.2. The zero-order chi connectivity index (χ0) is 23.6. The van der Waals surface area contributed by atoms with E-state index in [0.29, 0.717) is 21.9 Å². The molecule has 0 aliphatic carbocycles.